The van der Waals surface area contributed by atoms with Crippen molar-refractivity contribution in [2.45, 2.75) is 0 Å². The molecule has 0 unspecified atom stereocenters. The normalized spacial score (nSPS) is 11.4. The van der Waals surface area contributed by atoms with E-state index in [-0.39, 0.29) is 0 Å². The topological polar surface area (TPSA) is 64.5 Å². The van der Waals surface area contributed by atoms with Crippen molar-refractivity contribution in [2.75, 3.05) is 0 Å². The first-order valence-corrected chi connectivity index (χ1v) is 21.5. The lowest BCUT2D eigenvalue weighted by Crippen LogP contribution is -2.02. The highest BCUT2D eigenvalue weighted by molar-refractivity contribution is 6.15. The van der Waals surface area contributed by atoms with Gasteiger partial charge in [0.2, 0.25) is 0 Å². The van der Waals surface area contributed by atoms with E-state index >= 15 is 0 Å². The molecule has 0 N–H and O–H groups in total. The summed E-state index contributed by atoms with van der Waals surface area (Å²) in [5.41, 5.74) is 10.9. The number of hydrogen-bond acceptors (Lipinski definition) is 5. The van der Waals surface area contributed by atoms with Gasteiger partial charge in [0.15, 0.2) is 17.5 Å². The SMILES string of the molecule is c1ccc(-c2cccc(-c3cc(-c4cccc(-c5ccccn5)c4)cc(-c4nc(-c5cc6ccccc6c6ccccc56)nc(-c5cc6ccccc6c6ccccc56)n4)c3)c2)nc1. The van der Waals surface area contributed by atoms with Crippen LogP contribution in [0, 0.1) is 0 Å². The zero-order valence-corrected chi connectivity index (χ0v) is 34.6. The first kappa shape index (κ1) is 37.1. The number of hydrogen-bond donors (Lipinski definition) is 0. The number of aromatic nitrogens is 5. The molecule has 0 saturated heterocycles. The zero-order valence-electron chi connectivity index (χ0n) is 34.6. The molecule has 3 heterocycles. The summed E-state index contributed by atoms with van der Waals surface area (Å²) in [6, 6.07) is 74.5. The Morgan fingerprint density at radius 1 is 0.234 bits per heavy atom. The van der Waals surface area contributed by atoms with Gasteiger partial charge in [0.25, 0.3) is 0 Å². The number of nitrogens with zero attached hydrogens (tertiary/aromatic N) is 5. The predicted octanol–water partition coefficient (Wildman–Crippen LogP) is 14.9. The van der Waals surface area contributed by atoms with Gasteiger partial charge in [-0.05, 0) is 132 Å². The zero-order chi connectivity index (χ0) is 42.4. The van der Waals surface area contributed by atoms with Gasteiger partial charge in [-0.1, -0.05) is 146 Å². The van der Waals surface area contributed by atoms with E-state index in [1.807, 2.05) is 48.8 Å². The summed E-state index contributed by atoms with van der Waals surface area (Å²) in [6.45, 7) is 0. The molecule has 0 aliphatic carbocycles. The first-order chi connectivity index (χ1) is 31.7. The Labute approximate surface area is 370 Å². The van der Waals surface area contributed by atoms with Crippen molar-refractivity contribution in [3.05, 3.63) is 225 Å². The van der Waals surface area contributed by atoms with E-state index in [4.69, 9.17) is 15.0 Å². The van der Waals surface area contributed by atoms with E-state index in [1.165, 1.54) is 10.8 Å². The molecule has 0 radical (unpaired) electrons. The summed E-state index contributed by atoms with van der Waals surface area (Å²) in [7, 11) is 0. The Kier molecular flexibility index (Phi) is 9.08. The van der Waals surface area contributed by atoms with E-state index < -0.39 is 0 Å². The highest BCUT2D eigenvalue weighted by Gasteiger charge is 2.20. The average molecular weight is 816 g/mol. The van der Waals surface area contributed by atoms with Gasteiger partial charge >= 0.3 is 0 Å². The van der Waals surface area contributed by atoms with Gasteiger partial charge < -0.3 is 0 Å². The molecule has 3 aromatic heterocycles. The van der Waals surface area contributed by atoms with E-state index in [0.29, 0.717) is 17.5 Å². The molecule has 12 rings (SSSR count). The maximum atomic E-state index is 5.46. The van der Waals surface area contributed by atoms with Gasteiger partial charge in [-0.25, -0.2) is 15.0 Å². The number of fused-ring (bicyclic) bond motifs is 6. The van der Waals surface area contributed by atoms with Gasteiger partial charge in [0, 0.05) is 40.2 Å². The lowest BCUT2D eigenvalue weighted by atomic mass is 9.93. The molecular formula is C59H37N5. The fraction of sp³-hybridized carbons (Fsp3) is 0. The molecule has 298 valence electrons. The van der Waals surface area contributed by atoms with Gasteiger partial charge in [-0.3, -0.25) is 9.97 Å². The largest absolute Gasteiger partial charge is 0.256 e. The summed E-state index contributed by atoms with van der Waals surface area (Å²) in [6.07, 6.45) is 3.67. The Bertz CT molecular complexity index is 3500. The summed E-state index contributed by atoms with van der Waals surface area (Å²) < 4.78 is 0. The van der Waals surface area contributed by atoms with Crippen LogP contribution in [-0.2, 0) is 0 Å². The molecule has 0 aliphatic rings. The molecular weight excluding hydrogens is 779 g/mol. The molecule has 0 aliphatic heterocycles. The Morgan fingerprint density at radius 2 is 0.609 bits per heavy atom. The van der Waals surface area contributed by atoms with Crippen LogP contribution in [0.5, 0.6) is 0 Å². The minimum atomic E-state index is 0.583. The molecule has 64 heavy (non-hydrogen) atoms. The van der Waals surface area contributed by atoms with Crippen molar-refractivity contribution in [1.29, 1.82) is 0 Å². The van der Waals surface area contributed by atoms with E-state index in [9.17, 15) is 0 Å². The second kappa shape index (κ2) is 15.7. The van der Waals surface area contributed by atoms with E-state index in [1.54, 1.807) is 0 Å². The number of pyridine rings is 2. The highest BCUT2D eigenvalue weighted by atomic mass is 15.0. The van der Waals surface area contributed by atoms with Crippen molar-refractivity contribution in [3.8, 4) is 78.9 Å². The van der Waals surface area contributed by atoms with Crippen LogP contribution in [-0.4, -0.2) is 24.9 Å². The summed E-state index contributed by atoms with van der Waals surface area (Å²) >= 11 is 0. The molecule has 0 saturated carbocycles. The van der Waals surface area contributed by atoms with Gasteiger partial charge in [-0.2, -0.15) is 0 Å². The van der Waals surface area contributed by atoms with Crippen LogP contribution in [0.1, 0.15) is 0 Å². The molecule has 9 aromatic carbocycles. The number of benzene rings is 9. The summed E-state index contributed by atoms with van der Waals surface area (Å²) in [5.74, 6) is 1.81. The van der Waals surface area contributed by atoms with Crippen LogP contribution >= 0.6 is 0 Å². The van der Waals surface area contributed by atoms with Crippen molar-refractivity contribution in [3.63, 3.8) is 0 Å². The molecule has 0 fully saturated rings. The average Bonchev–Trinajstić information content (AvgIpc) is 3.38. The van der Waals surface area contributed by atoms with Crippen LogP contribution in [0.3, 0.4) is 0 Å². The third-order valence-corrected chi connectivity index (χ3v) is 12.2. The monoisotopic (exact) mass is 815 g/mol. The molecule has 5 heteroatoms. The third-order valence-electron chi connectivity index (χ3n) is 12.2. The fourth-order valence-electron chi connectivity index (χ4n) is 9.10. The molecule has 0 amide bonds. The first-order valence-electron chi connectivity index (χ1n) is 21.5. The smallest absolute Gasteiger partial charge is 0.164 e. The summed E-state index contributed by atoms with van der Waals surface area (Å²) in [4.78, 5) is 25.7. The van der Waals surface area contributed by atoms with Crippen molar-refractivity contribution in [1.82, 2.24) is 24.9 Å². The van der Waals surface area contributed by atoms with Crippen molar-refractivity contribution in [2.24, 2.45) is 0 Å². The van der Waals surface area contributed by atoms with Crippen LogP contribution in [0.2, 0.25) is 0 Å². The van der Waals surface area contributed by atoms with Crippen LogP contribution in [0.25, 0.3) is 122 Å². The van der Waals surface area contributed by atoms with E-state index in [2.05, 4.69) is 186 Å². The molecule has 0 bridgehead atoms. The van der Waals surface area contributed by atoms with Gasteiger partial charge in [0.05, 0.1) is 11.4 Å². The third kappa shape index (κ3) is 6.73. The minimum absolute atomic E-state index is 0.583. The summed E-state index contributed by atoms with van der Waals surface area (Å²) in [5, 5.41) is 9.10. The van der Waals surface area contributed by atoms with Crippen LogP contribution in [0.15, 0.2) is 225 Å². The molecule has 0 atom stereocenters. The second-order valence-electron chi connectivity index (χ2n) is 16.1. The molecule has 0 spiro atoms. The quantitative estimate of drug-likeness (QED) is 0.150. The van der Waals surface area contributed by atoms with Crippen molar-refractivity contribution >= 4 is 43.1 Å². The lowest BCUT2D eigenvalue weighted by molar-refractivity contribution is 1.08. The Balaban J connectivity index is 1.14. The van der Waals surface area contributed by atoms with Crippen molar-refractivity contribution < 1.29 is 0 Å². The van der Waals surface area contributed by atoms with Gasteiger partial charge in [0.1, 0.15) is 0 Å². The predicted molar refractivity (Wildman–Crippen MR) is 263 cm³/mol. The maximum absolute atomic E-state index is 5.46. The minimum Gasteiger partial charge on any atom is -0.256 e. The van der Waals surface area contributed by atoms with Crippen LogP contribution in [0.4, 0.5) is 0 Å². The Morgan fingerprint density at radius 3 is 1.08 bits per heavy atom. The lowest BCUT2D eigenvalue weighted by Gasteiger charge is -2.15. The Hall–Kier alpha value is -8.67. The maximum Gasteiger partial charge on any atom is 0.164 e. The standard InChI is InChI=1S/C59H37N5/c1-3-21-47-40(15-1)36-53(51-25-7-5-23-49(47)51)58-62-57(63-59(64-58)54-37-41-16-2-4-22-48(41)50-24-6-8-26-52(50)54)46-34-44(38-17-13-19-42(31-38)55-27-9-11-29-60-55)33-45(35-46)39-18-14-20-43(32-39)56-28-10-12-30-61-56/h1-37H. The fourth-order valence-corrected chi connectivity index (χ4v) is 9.10. The molecule has 5 nitrogen and oxygen atoms in total. The second-order valence-corrected chi connectivity index (χ2v) is 16.1. The number of rotatable bonds is 7. The molecule has 12 aromatic rings. The van der Waals surface area contributed by atoms with Crippen LogP contribution < -0.4 is 0 Å². The van der Waals surface area contributed by atoms with E-state index in [0.717, 1.165) is 93.8 Å². The van der Waals surface area contributed by atoms with Gasteiger partial charge in [-0.15, -0.1) is 0 Å². The highest BCUT2D eigenvalue weighted by Crippen LogP contribution is 2.40.